The van der Waals surface area contributed by atoms with Gasteiger partial charge in [-0.05, 0) is 30.4 Å². The van der Waals surface area contributed by atoms with Gasteiger partial charge in [0.05, 0.1) is 5.01 Å². The van der Waals surface area contributed by atoms with Crippen molar-refractivity contribution in [2.24, 2.45) is 0 Å². The van der Waals surface area contributed by atoms with E-state index in [0.717, 1.165) is 13.0 Å². The van der Waals surface area contributed by atoms with Crippen LogP contribution in [0.2, 0.25) is 0 Å². The molecule has 2 aromatic rings. The van der Waals surface area contributed by atoms with Gasteiger partial charge in [-0.15, -0.1) is 11.3 Å². The van der Waals surface area contributed by atoms with E-state index in [0.29, 0.717) is 12.0 Å². The molecular weight excluding hydrogens is 264 g/mol. The van der Waals surface area contributed by atoms with Gasteiger partial charge in [0.1, 0.15) is 0 Å². The van der Waals surface area contributed by atoms with Crippen molar-refractivity contribution in [2.45, 2.75) is 51.6 Å². The molecule has 3 heteroatoms. The molecule has 1 N–H and O–H groups in total. The number of benzene rings is 1. The molecule has 0 saturated carbocycles. The number of rotatable bonds is 4. The van der Waals surface area contributed by atoms with Crippen LogP contribution in [-0.2, 0) is 19.4 Å². The standard InChI is InChI=1S/C17H22N2S/c1-12(2)18-10-16-11-19-17(20-16)15-8-7-13-5-3-4-6-14(13)9-15/h3-6,11-12,15,18H,7-10H2,1-2H3. The average Bonchev–Trinajstić information content (AvgIpc) is 2.93. The van der Waals surface area contributed by atoms with E-state index in [1.54, 1.807) is 0 Å². The molecule has 1 heterocycles. The van der Waals surface area contributed by atoms with Crippen molar-refractivity contribution in [3.05, 3.63) is 51.5 Å². The van der Waals surface area contributed by atoms with Crippen LogP contribution in [0.1, 0.15) is 47.2 Å². The van der Waals surface area contributed by atoms with Gasteiger partial charge in [-0.25, -0.2) is 4.98 Å². The summed E-state index contributed by atoms with van der Waals surface area (Å²) in [7, 11) is 0. The summed E-state index contributed by atoms with van der Waals surface area (Å²) < 4.78 is 0. The molecule has 1 atom stereocenters. The zero-order chi connectivity index (χ0) is 13.9. The second-order valence-electron chi connectivity index (χ2n) is 5.91. The van der Waals surface area contributed by atoms with Gasteiger partial charge in [0.2, 0.25) is 0 Å². The van der Waals surface area contributed by atoms with Gasteiger partial charge in [0, 0.05) is 29.6 Å². The molecule has 3 rings (SSSR count). The molecule has 0 fully saturated rings. The third-order valence-electron chi connectivity index (χ3n) is 3.95. The highest BCUT2D eigenvalue weighted by molar-refractivity contribution is 7.11. The Morgan fingerprint density at radius 1 is 1.30 bits per heavy atom. The third-order valence-corrected chi connectivity index (χ3v) is 5.11. The first-order valence-corrected chi connectivity index (χ1v) is 8.29. The first-order chi connectivity index (χ1) is 9.72. The molecule has 0 amide bonds. The Morgan fingerprint density at radius 2 is 2.10 bits per heavy atom. The van der Waals surface area contributed by atoms with Gasteiger partial charge >= 0.3 is 0 Å². The van der Waals surface area contributed by atoms with Crippen LogP contribution in [0, 0.1) is 0 Å². The van der Waals surface area contributed by atoms with Gasteiger partial charge in [0.15, 0.2) is 0 Å². The van der Waals surface area contributed by atoms with E-state index in [1.807, 2.05) is 11.3 Å². The second-order valence-corrected chi connectivity index (χ2v) is 7.06. The molecule has 0 spiro atoms. The summed E-state index contributed by atoms with van der Waals surface area (Å²) in [5, 5.41) is 4.78. The summed E-state index contributed by atoms with van der Waals surface area (Å²) >= 11 is 1.88. The van der Waals surface area contributed by atoms with Crippen LogP contribution >= 0.6 is 11.3 Å². The highest BCUT2D eigenvalue weighted by Crippen LogP contribution is 2.34. The van der Waals surface area contributed by atoms with Gasteiger partial charge < -0.3 is 5.32 Å². The summed E-state index contributed by atoms with van der Waals surface area (Å²) in [6.07, 6.45) is 5.64. The Labute approximate surface area is 125 Å². The molecule has 1 aromatic heterocycles. The van der Waals surface area contributed by atoms with E-state index < -0.39 is 0 Å². The highest BCUT2D eigenvalue weighted by atomic mass is 32.1. The van der Waals surface area contributed by atoms with Crippen LogP contribution in [0.15, 0.2) is 30.5 Å². The molecule has 0 bridgehead atoms. The lowest BCUT2D eigenvalue weighted by Gasteiger charge is -2.22. The summed E-state index contributed by atoms with van der Waals surface area (Å²) in [5.74, 6) is 0.614. The van der Waals surface area contributed by atoms with Crippen molar-refractivity contribution in [3.63, 3.8) is 0 Å². The number of hydrogen-bond acceptors (Lipinski definition) is 3. The van der Waals surface area contributed by atoms with Crippen LogP contribution < -0.4 is 5.32 Å². The number of aryl methyl sites for hydroxylation is 1. The quantitative estimate of drug-likeness (QED) is 0.921. The van der Waals surface area contributed by atoms with E-state index in [1.165, 1.54) is 33.9 Å². The monoisotopic (exact) mass is 286 g/mol. The number of nitrogens with one attached hydrogen (secondary N) is 1. The van der Waals surface area contributed by atoms with E-state index in [4.69, 9.17) is 0 Å². The summed E-state index contributed by atoms with van der Waals surface area (Å²) in [6.45, 7) is 5.30. The minimum absolute atomic E-state index is 0.530. The van der Waals surface area contributed by atoms with Crippen LogP contribution in [-0.4, -0.2) is 11.0 Å². The van der Waals surface area contributed by atoms with E-state index >= 15 is 0 Å². The predicted molar refractivity (Wildman–Crippen MR) is 85.3 cm³/mol. The normalized spacial score (nSPS) is 18.2. The van der Waals surface area contributed by atoms with Crippen molar-refractivity contribution in [1.29, 1.82) is 0 Å². The van der Waals surface area contributed by atoms with Gasteiger partial charge in [-0.1, -0.05) is 38.1 Å². The minimum atomic E-state index is 0.530. The maximum absolute atomic E-state index is 4.67. The topological polar surface area (TPSA) is 24.9 Å². The number of fused-ring (bicyclic) bond motifs is 1. The molecule has 1 aliphatic carbocycles. The second kappa shape index (κ2) is 6.06. The maximum atomic E-state index is 4.67. The lowest BCUT2D eigenvalue weighted by Crippen LogP contribution is -2.21. The predicted octanol–water partition coefficient (Wildman–Crippen LogP) is 3.91. The number of aromatic nitrogens is 1. The molecule has 1 aliphatic rings. The van der Waals surface area contributed by atoms with E-state index in [2.05, 4.69) is 54.6 Å². The van der Waals surface area contributed by atoms with Crippen molar-refractivity contribution in [3.8, 4) is 0 Å². The van der Waals surface area contributed by atoms with Crippen LogP contribution in [0.5, 0.6) is 0 Å². The molecule has 20 heavy (non-hydrogen) atoms. The third kappa shape index (κ3) is 3.10. The molecular formula is C17H22N2S. The van der Waals surface area contributed by atoms with E-state index in [-0.39, 0.29) is 0 Å². The van der Waals surface area contributed by atoms with Gasteiger partial charge in [0.25, 0.3) is 0 Å². The zero-order valence-electron chi connectivity index (χ0n) is 12.2. The SMILES string of the molecule is CC(C)NCc1cnc(C2CCc3ccccc3C2)s1. The zero-order valence-corrected chi connectivity index (χ0v) is 13.0. The smallest absolute Gasteiger partial charge is 0.0962 e. The first-order valence-electron chi connectivity index (χ1n) is 7.47. The number of hydrogen-bond donors (Lipinski definition) is 1. The van der Waals surface area contributed by atoms with Crippen LogP contribution in [0.3, 0.4) is 0 Å². The van der Waals surface area contributed by atoms with Crippen molar-refractivity contribution >= 4 is 11.3 Å². The summed E-state index contributed by atoms with van der Waals surface area (Å²) in [5.41, 5.74) is 3.04. The van der Waals surface area contributed by atoms with Gasteiger partial charge in [-0.2, -0.15) is 0 Å². The average molecular weight is 286 g/mol. The lowest BCUT2D eigenvalue weighted by atomic mass is 9.84. The van der Waals surface area contributed by atoms with E-state index in [9.17, 15) is 0 Å². The highest BCUT2D eigenvalue weighted by Gasteiger charge is 2.22. The fourth-order valence-corrected chi connectivity index (χ4v) is 3.81. The fourth-order valence-electron chi connectivity index (χ4n) is 2.81. The Hall–Kier alpha value is -1.19. The van der Waals surface area contributed by atoms with Crippen LogP contribution in [0.4, 0.5) is 0 Å². The summed E-state index contributed by atoms with van der Waals surface area (Å²) in [4.78, 5) is 6.02. The first kappa shape index (κ1) is 13.8. The molecule has 106 valence electrons. The summed E-state index contributed by atoms with van der Waals surface area (Å²) in [6, 6.07) is 9.38. The van der Waals surface area contributed by atoms with Gasteiger partial charge in [-0.3, -0.25) is 0 Å². The Morgan fingerprint density at radius 3 is 2.90 bits per heavy atom. The van der Waals surface area contributed by atoms with Crippen molar-refractivity contribution in [1.82, 2.24) is 10.3 Å². The minimum Gasteiger partial charge on any atom is -0.310 e. The maximum Gasteiger partial charge on any atom is 0.0962 e. The Balaban J connectivity index is 1.69. The molecule has 2 nitrogen and oxygen atoms in total. The number of nitrogens with zero attached hydrogens (tertiary/aromatic N) is 1. The lowest BCUT2D eigenvalue weighted by molar-refractivity contribution is 0.582. The molecule has 0 saturated heterocycles. The molecule has 0 aliphatic heterocycles. The largest absolute Gasteiger partial charge is 0.310 e. The Bertz CT molecular complexity index is 574. The molecule has 1 unspecified atom stereocenters. The van der Waals surface area contributed by atoms with Crippen molar-refractivity contribution < 1.29 is 0 Å². The molecule has 0 radical (unpaired) electrons. The fraction of sp³-hybridized carbons (Fsp3) is 0.471. The Kier molecular flexibility index (Phi) is 4.18. The van der Waals surface area contributed by atoms with Crippen molar-refractivity contribution in [2.75, 3.05) is 0 Å². The number of thiazole rings is 1. The van der Waals surface area contributed by atoms with Crippen LogP contribution in [0.25, 0.3) is 0 Å². The molecule has 1 aromatic carbocycles.